The summed E-state index contributed by atoms with van der Waals surface area (Å²) in [6.07, 6.45) is 0.542. The molecule has 142 valence electrons. The number of carbonyl (C=O) groups excluding carboxylic acids is 3. The Morgan fingerprint density at radius 3 is 1.70 bits per heavy atom. The minimum atomic E-state index is -0.882. The fourth-order valence-corrected chi connectivity index (χ4v) is 2.66. The van der Waals surface area contributed by atoms with Gasteiger partial charge >= 0.3 is 0 Å². The fraction of sp³-hybridized carbons (Fsp3) is 0.250. The number of primary amides is 1. The molecule has 0 bridgehead atoms. The summed E-state index contributed by atoms with van der Waals surface area (Å²) in [5.74, 6) is -1.58. The van der Waals surface area contributed by atoms with Gasteiger partial charge in [0.1, 0.15) is 12.1 Å². The van der Waals surface area contributed by atoms with Gasteiger partial charge in [-0.1, -0.05) is 60.7 Å². The van der Waals surface area contributed by atoms with Crippen LogP contribution in [-0.4, -0.2) is 36.3 Å². The lowest BCUT2D eigenvalue weighted by Gasteiger charge is -2.22. The first-order valence-electron chi connectivity index (χ1n) is 8.66. The average Bonchev–Trinajstić information content (AvgIpc) is 2.68. The lowest BCUT2D eigenvalue weighted by atomic mass is 10.0. The van der Waals surface area contributed by atoms with Crippen LogP contribution in [0.5, 0.6) is 0 Å². The van der Waals surface area contributed by atoms with E-state index in [0.717, 1.165) is 11.1 Å². The van der Waals surface area contributed by atoms with Gasteiger partial charge in [0.05, 0.1) is 6.54 Å². The number of benzene rings is 2. The zero-order valence-corrected chi connectivity index (χ0v) is 14.9. The Balaban J connectivity index is 2.11. The van der Waals surface area contributed by atoms with Crippen molar-refractivity contribution in [2.45, 2.75) is 24.9 Å². The molecule has 2 aromatic rings. The predicted molar refractivity (Wildman–Crippen MR) is 102 cm³/mol. The monoisotopic (exact) mass is 368 g/mol. The largest absolute Gasteiger partial charge is 0.368 e. The van der Waals surface area contributed by atoms with Gasteiger partial charge in [-0.05, 0) is 11.1 Å². The Bertz CT molecular complexity index is 765. The van der Waals surface area contributed by atoms with Gasteiger partial charge in [-0.2, -0.15) is 0 Å². The van der Waals surface area contributed by atoms with Crippen LogP contribution < -0.4 is 22.1 Å². The molecule has 0 spiro atoms. The van der Waals surface area contributed by atoms with E-state index in [-0.39, 0.29) is 19.4 Å². The molecule has 0 fully saturated rings. The van der Waals surface area contributed by atoms with Gasteiger partial charge < -0.3 is 22.1 Å². The number of hydrogen-bond donors (Lipinski definition) is 4. The molecule has 0 radical (unpaired) electrons. The smallest absolute Gasteiger partial charge is 0.243 e. The maximum absolute atomic E-state index is 12.7. The third-order valence-electron chi connectivity index (χ3n) is 4.06. The number of carbonyl (C=O) groups is 3. The van der Waals surface area contributed by atoms with Crippen LogP contribution >= 0.6 is 0 Å². The van der Waals surface area contributed by atoms with Crippen LogP contribution in [0.4, 0.5) is 0 Å². The third kappa shape index (κ3) is 6.56. The first kappa shape index (κ1) is 20.1. The standard InChI is InChI=1S/C20H24N4O3/c21-13-18(25)23-17(12-15-9-5-2-6-10-15)20(27)24-16(19(22)26)11-14-7-3-1-4-8-14/h1-10,16-17H,11-13,21H2,(H2,22,26)(H,23,25)(H,24,27)/t16-,17+/m1/s1. The molecule has 2 atom stereocenters. The van der Waals surface area contributed by atoms with Crippen molar-refractivity contribution in [1.82, 2.24) is 10.6 Å². The molecule has 7 nitrogen and oxygen atoms in total. The molecule has 0 aliphatic carbocycles. The lowest BCUT2D eigenvalue weighted by molar-refractivity contribution is -0.131. The van der Waals surface area contributed by atoms with Crippen molar-refractivity contribution in [1.29, 1.82) is 0 Å². The summed E-state index contributed by atoms with van der Waals surface area (Å²) in [7, 11) is 0. The summed E-state index contributed by atoms with van der Waals surface area (Å²) in [5.41, 5.74) is 12.5. The normalized spacial score (nSPS) is 12.6. The molecule has 0 aliphatic rings. The number of nitrogens with two attached hydrogens (primary N) is 2. The van der Waals surface area contributed by atoms with Crippen LogP contribution in [-0.2, 0) is 27.2 Å². The highest BCUT2D eigenvalue weighted by Gasteiger charge is 2.25. The van der Waals surface area contributed by atoms with Crippen LogP contribution in [0.25, 0.3) is 0 Å². The molecule has 0 saturated heterocycles. The van der Waals surface area contributed by atoms with Crippen molar-refractivity contribution >= 4 is 17.7 Å². The molecule has 0 aromatic heterocycles. The van der Waals surface area contributed by atoms with Crippen molar-refractivity contribution in [3.8, 4) is 0 Å². The highest BCUT2D eigenvalue weighted by atomic mass is 16.2. The number of rotatable bonds is 9. The Morgan fingerprint density at radius 1 is 0.778 bits per heavy atom. The number of amides is 3. The van der Waals surface area contributed by atoms with Crippen molar-refractivity contribution < 1.29 is 14.4 Å². The third-order valence-corrected chi connectivity index (χ3v) is 4.06. The molecular formula is C20H24N4O3. The first-order chi connectivity index (χ1) is 13.0. The van der Waals surface area contributed by atoms with Gasteiger partial charge in [0.15, 0.2) is 0 Å². The summed E-state index contributed by atoms with van der Waals surface area (Å²) in [6.45, 7) is -0.234. The minimum Gasteiger partial charge on any atom is -0.368 e. The van der Waals surface area contributed by atoms with Crippen molar-refractivity contribution in [2.75, 3.05) is 6.54 Å². The first-order valence-corrected chi connectivity index (χ1v) is 8.66. The van der Waals surface area contributed by atoms with Crippen LogP contribution in [0.2, 0.25) is 0 Å². The Labute approximate surface area is 158 Å². The van der Waals surface area contributed by atoms with Crippen molar-refractivity contribution in [2.24, 2.45) is 11.5 Å². The van der Waals surface area contributed by atoms with E-state index in [1.165, 1.54) is 0 Å². The van der Waals surface area contributed by atoms with E-state index in [0.29, 0.717) is 0 Å². The van der Waals surface area contributed by atoms with Gasteiger partial charge in [0, 0.05) is 12.8 Å². The predicted octanol–water partition coefficient (Wildman–Crippen LogP) is -0.115. The topological polar surface area (TPSA) is 127 Å². The highest BCUT2D eigenvalue weighted by molar-refractivity contribution is 5.92. The Kier molecular flexibility index (Phi) is 7.51. The molecule has 6 N–H and O–H groups in total. The zero-order chi connectivity index (χ0) is 19.6. The minimum absolute atomic E-state index is 0.234. The second-order valence-electron chi connectivity index (χ2n) is 6.17. The Hall–Kier alpha value is -3.19. The quantitative estimate of drug-likeness (QED) is 0.492. The van der Waals surface area contributed by atoms with Crippen LogP contribution in [0.3, 0.4) is 0 Å². The number of hydrogen-bond acceptors (Lipinski definition) is 4. The van der Waals surface area contributed by atoms with Gasteiger partial charge in [0.2, 0.25) is 17.7 Å². The van der Waals surface area contributed by atoms with E-state index >= 15 is 0 Å². The highest BCUT2D eigenvalue weighted by Crippen LogP contribution is 2.06. The maximum atomic E-state index is 12.7. The molecule has 27 heavy (non-hydrogen) atoms. The van der Waals surface area contributed by atoms with Crippen LogP contribution in [0.15, 0.2) is 60.7 Å². The summed E-state index contributed by atoms with van der Waals surface area (Å²) >= 11 is 0. The van der Waals surface area contributed by atoms with E-state index < -0.39 is 29.8 Å². The molecule has 0 heterocycles. The molecule has 0 saturated carbocycles. The summed E-state index contributed by atoms with van der Waals surface area (Å²) in [4.78, 5) is 36.2. The van der Waals surface area contributed by atoms with Crippen LogP contribution in [0, 0.1) is 0 Å². The van der Waals surface area contributed by atoms with E-state index in [2.05, 4.69) is 10.6 Å². The fourth-order valence-electron chi connectivity index (χ4n) is 2.66. The van der Waals surface area contributed by atoms with Crippen LogP contribution in [0.1, 0.15) is 11.1 Å². The molecule has 2 rings (SSSR count). The second-order valence-corrected chi connectivity index (χ2v) is 6.17. The summed E-state index contributed by atoms with van der Waals surface area (Å²) in [6, 6.07) is 16.7. The van der Waals surface area contributed by atoms with Gasteiger partial charge in [-0.15, -0.1) is 0 Å². The second kappa shape index (κ2) is 10.1. The lowest BCUT2D eigenvalue weighted by Crippen LogP contribution is -2.55. The molecule has 0 unspecified atom stereocenters. The SMILES string of the molecule is NCC(=O)N[C@@H](Cc1ccccc1)C(=O)N[C@H](Cc1ccccc1)C(N)=O. The van der Waals surface area contributed by atoms with Gasteiger partial charge in [-0.25, -0.2) is 0 Å². The summed E-state index contributed by atoms with van der Waals surface area (Å²) in [5, 5.41) is 5.24. The maximum Gasteiger partial charge on any atom is 0.243 e. The van der Waals surface area contributed by atoms with Gasteiger partial charge in [0.25, 0.3) is 0 Å². The zero-order valence-electron chi connectivity index (χ0n) is 14.9. The van der Waals surface area contributed by atoms with E-state index in [1.54, 1.807) is 0 Å². The van der Waals surface area contributed by atoms with E-state index in [1.807, 2.05) is 60.7 Å². The average molecular weight is 368 g/mol. The van der Waals surface area contributed by atoms with E-state index in [4.69, 9.17) is 11.5 Å². The summed E-state index contributed by atoms with van der Waals surface area (Å²) < 4.78 is 0. The molecular weight excluding hydrogens is 344 g/mol. The van der Waals surface area contributed by atoms with Crippen molar-refractivity contribution in [3.05, 3.63) is 71.8 Å². The van der Waals surface area contributed by atoms with Gasteiger partial charge in [-0.3, -0.25) is 14.4 Å². The molecule has 7 heteroatoms. The molecule has 2 aromatic carbocycles. The molecule has 3 amide bonds. The molecule has 0 aliphatic heterocycles. The number of nitrogens with one attached hydrogen (secondary N) is 2. The van der Waals surface area contributed by atoms with E-state index in [9.17, 15) is 14.4 Å². The Morgan fingerprint density at radius 2 is 1.26 bits per heavy atom. The van der Waals surface area contributed by atoms with Crippen molar-refractivity contribution in [3.63, 3.8) is 0 Å².